The number of carboxylic acid groups (broad SMARTS) is 2. The second-order valence-electron chi connectivity index (χ2n) is 9.32. The zero-order chi connectivity index (χ0) is 31.2. The van der Waals surface area contributed by atoms with E-state index < -0.39 is 36.1 Å². The first-order valence-corrected chi connectivity index (χ1v) is 12.7. The summed E-state index contributed by atoms with van der Waals surface area (Å²) in [5.74, 6) is -4.75. The monoisotopic (exact) mass is 579 g/mol. The van der Waals surface area contributed by atoms with Crippen molar-refractivity contribution in [3.05, 3.63) is 102 Å². The molecule has 0 fully saturated rings. The normalized spacial score (nSPS) is 12.5. The van der Waals surface area contributed by atoms with Crippen LogP contribution in [-0.2, 0) is 19.1 Å². The van der Waals surface area contributed by atoms with E-state index in [1.165, 1.54) is 48.5 Å². The summed E-state index contributed by atoms with van der Waals surface area (Å²) in [6, 6.07) is 22.1. The smallest absolute Gasteiger partial charge is 0.349 e. The molecule has 0 aromatic heterocycles. The Morgan fingerprint density at radius 3 is 1.50 bits per heavy atom. The first-order valence-electron chi connectivity index (χ1n) is 12.7. The van der Waals surface area contributed by atoms with Crippen LogP contribution in [0.2, 0.25) is 0 Å². The van der Waals surface area contributed by atoms with E-state index in [2.05, 4.69) is 0 Å². The predicted molar refractivity (Wildman–Crippen MR) is 152 cm³/mol. The van der Waals surface area contributed by atoms with Gasteiger partial charge < -0.3 is 29.3 Å². The van der Waals surface area contributed by atoms with E-state index in [1.54, 1.807) is 25.3 Å². The Balaban J connectivity index is 0.000000330. The molecule has 11 heteroatoms. The molecule has 11 nitrogen and oxygen atoms in total. The van der Waals surface area contributed by atoms with E-state index in [0.29, 0.717) is 5.56 Å². The van der Waals surface area contributed by atoms with Crippen LogP contribution in [0.5, 0.6) is 5.75 Å². The number of hydrogen-bond donors (Lipinski definition) is 2. The number of nitrogens with zero attached hydrogens (tertiary/aromatic N) is 1. The van der Waals surface area contributed by atoms with Gasteiger partial charge in [-0.05, 0) is 50.5 Å². The fourth-order valence-corrected chi connectivity index (χ4v) is 3.69. The molecule has 0 aliphatic rings. The van der Waals surface area contributed by atoms with Crippen molar-refractivity contribution in [2.75, 3.05) is 27.7 Å². The summed E-state index contributed by atoms with van der Waals surface area (Å²) in [5, 5.41) is 18.5. The van der Waals surface area contributed by atoms with E-state index in [-0.39, 0.29) is 22.8 Å². The van der Waals surface area contributed by atoms with Crippen LogP contribution in [0, 0.1) is 5.92 Å². The summed E-state index contributed by atoms with van der Waals surface area (Å²) in [4.78, 5) is 60.9. The van der Waals surface area contributed by atoms with Crippen LogP contribution in [0.15, 0.2) is 84.9 Å². The molecule has 0 radical (unpaired) electrons. The first-order chi connectivity index (χ1) is 19.9. The quantitative estimate of drug-likeness (QED) is 0.238. The Kier molecular flexibility index (Phi) is 12.9. The minimum atomic E-state index is -2.21. The van der Waals surface area contributed by atoms with E-state index in [0.717, 1.165) is 12.3 Å². The van der Waals surface area contributed by atoms with Gasteiger partial charge in [-0.3, -0.25) is 4.79 Å². The van der Waals surface area contributed by atoms with E-state index >= 15 is 0 Å². The fraction of sp³-hybridized carbons (Fsp3) is 0.258. The number of ketones is 1. The third-order valence-corrected chi connectivity index (χ3v) is 5.69. The van der Waals surface area contributed by atoms with Gasteiger partial charge in [0.1, 0.15) is 5.75 Å². The van der Waals surface area contributed by atoms with Crippen molar-refractivity contribution in [2.24, 2.45) is 5.92 Å². The Hall–Kier alpha value is -5.03. The van der Waals surface area contributed by atoms with Crippen molar-refractivity contribution < 1.29 is 48.4 Å². The summed E-state index contributed by atoms with van der Waals surface area (Å²) < 4.78 is 14.6. The SMILES string of the molecule is COc1cccc(C(=O)[C@H](C)CN(C)C)c1.O=C(O[C@H](C(=O)O)[C@@H](OC(=O)c1ccccc1)C(=O)O)c1ccccc1. The molecule has 0 saturated carbocycles. The molecular formula is C31H33NO10. The maximum absolute atomic E-state index is 12.1. The van der Waals surface area contributed by atoms with Gasteiger partial charge in [-0.1, -0.05) is 55.5 Å². The zero-order valence-corrected chi connectivity index (χ0v) is 23.6. The standard InChI is InChI=1S/C18H14O8.C13H19NO2/c19-15(20)13(25-17(23)11-7-3-1-4-8-11)14(16(21)22)26-18(24)12-9-5-2-6-10-12;1-10(9-14(2)3)13(15)11-6-5-7-12(8-11)16-4/h1-10,13-14H,(H,19,20)(H,21,22);5-8,10H,9H2,1-4H3/t13-,14+;10-/m.1/s1. The number of esters is 2. The lowest BCUT2D eigenvalue weighted by atomic mass is 9.99. The molecule has 0 heterocycles. The van der Waals surface area contributed by atoms with E-state index in [1.807, 2.05) is 44.1 Å². The highest BCUT2D eigenvalue weighted by molar-refractivity contribution is 5.98. The zero-order valence-electron chi connectivity index (χ0n) is 23.6. The molecule has 0 aliphatic heterocycles. The Labute approximate surface area is 243 Å². The second kappa shape index (κ2) is 16.3. The molecule has 0 bridgehead atoms. The Morgan fingerprint density at radius 2 is 1.12 bits per heavy atom. The summed E-state index contributed by atoms with van der Waals surface area (Å²) in [6.07, 6.45) is -4.43. The lowest BCUT2D eigenvalue weighted by molar-refractivity contribution is -0.166. The average Bonchev–Trinajstić information content (AvgIpc) is 2.98. The van der Waals surface area contributed by atoms with E-state index in [9.17, 15) is 34.2 Å². The third kappa shape index (κ3) is 10.2. The Bertz CT molecular complexity index is 1290. The summed E-state index contributed by atoms with van der Waals surface area (Å²) in [6.45, 7) is 2.71. The number of benzene rings is 3. The molecule has 3 rings (SSSR count). The molecule has 42 heavy (non-hydrogen) atoms. The van der Waals surface area contributed by atoms with Crippen LogP contribution < -0.4 is 4.74 Å². The molecule has 222 valence electrons. The van der Waals surface area contributed by atoms with Gasteiger partial charge in [-0.25, -0.2) is 19.2 Å². The van der Waals surface area contributed by atoms with Crippen molar-refractivity contribution in [1.82, 2.24) is 4.90 Å². The lowest BCUT2D eigenvalue weighted by Crippen LogP contribution is -2.45. The van der Waals surface area contributed by atoms with Crippen molar-refractivity contribution in [2.45, 2.75) is 19.1 Å². The topological polar surface area (TPSA) is 157 Å². The largest absolute Gasteiger partial charge is 0.497 e. The molecule has 0 spiro atoms. The second-order valence-corrected chi connectivity index (χ2v) is 9.32. The fourth-order valence-electron chi connectivity index (χ4n) is 3.69. The number of carbonyl (C=O) groups is 5. The molecule has 0 saturated heterocycles. The number of rotatable bonds is 12. The van der Waals surface area contributed by atoms with Crippen molar-refractivity contribution >= 4 is 29.7 Å². The van der Waals surface area contributed by atoms with Crippen LogP contribution in [0.3, 0.4) is 0 Å². The molecule has 2 N–H and O–H groups in total. The lowest BCUT2D eigenvalue weighted by Gasteiger charge is -2.21. The predicted octanol–water partition coefficient (Wildman–Crippen LogP) is 3.68. The van der Waals surface area contributed by atoms with Crippen molar-refractivity contribution in [3.8, 4) is 5.75 Å². The van der Waals surface area contributed by atoms with Crippen molar-refractivity contribution in [3.63, 3.8) is 0 Å². The maximum atomic E-state index is 12.1. The maximum Gasteiger partial charge on any atom is 0.349 e. The minimum Gasteiger partial charge on any atom is -0.497 e. The van der Waals surface area contributed by atoms with Crippen molar-refractivity contribution in [1.29, 1.82) is 0 Å². The molecule has 3 aromatic rings. The molecular weight excluding hydrogens is 546 g/mol. The van der Waals surface area contributed by atoms with Gasteiger partial charge in [-0.2, -0.15) is 0 Å². The highest BCUT2D eigenvalue weighted by Crippen LogP contribution is 2.16. The number of aliphatic carboxylic acids is 2. The highest BCUT2D eigenvalue weighted by Gasteiger charge is 2.41. The van der Waals surface area contributed by atoms with Crippen LogP contribution in [0.1, 0.15) is 38.0 Å². The Morgan fingerprint density at radius 1 is 0.690 bits per heavy atom. The van der Waals surface area contributed by atoms with Crippen LogP contribution in [0.25, 0.3) is 0 Å². The van der Waals surface area contributed by atoms with Gasteiger partial charge in [0.15, 0.2) is 5.78 Å². The number of hydrogen-bond acceptors (Lipinski definition) is 9. The highest BCUT2D eigenvalue weighted by atomic mass is 16.6. The van der Waals surface area contributed by atoms with Crippen LogP contribution >= 0.6 is 0 Å². The number of ether oxygens (including phenoxy) is 3. The summed E-state index contributed by atoms with van der Waals surface area (Å²) in [7, 11) is 5.54. The first kappa shape index (κ1) is 33.2. The molecule has 0 aliphatic carbocycles. The van der Waals surface area contributed by atoms with Gasteiger partial charge in [0.25, 0.3) is 0 Å². The molecule has 3 aromatic carbocycles. The van der Waals surface area contributed by atoms with E-state index in [4.69, 9.17) is 14.2 Å². The number of Topliss-reactive ketones (excluding diaryl/α,β-unsaturated/α-hetero) is 1. The number of carbonyl (C=O) groups excluding carboxylic acids is 3. The number of carboxylic acids is 2. The van der Waals surface area contributed by atoms with Gasteiger partial charge in [-0.15, -0.1) is 0 Å². The van der Waals surface area contributed by atoms with Crippen LogP contribution in [0.4, 0.5) is 0 Å². The van der Waals surface area contributed by atoms with Gasteiger partial charge in [0.2, 0.25) is 12.2 Å². The third-order valence-electron chi connectivity index (χ3n) is 5.69. The number of methoxy groups -OCH3 is 1. The average molecular weight is 580 g/mol. The molecule has 0 unspecified atom stereocenters. The van der Waals surface area contributed by atoms with Gasteiger partial charge in [0.05, 0.1) is 18.2 Å². The molecule has 3 atom stereocenters. The molecule has 0 amide bonds. The van der Waals surface area contributed by atoms with Gasteiger partial charge >= 0.3 is 23.9 Å². The summed E-state index contributed by atoms with van der Waals surface area (Å²) in [5.41, 5.74) is 0.767. The van der Waals surface area contributed by atoms with Crippen LogP contribution in [-0.4, -0.2) is 84.7 Å². The minimum absolute atomic E-state index is 0.00195. The van der Waals surface area contributed by atoms with Gasteiger partial charge in [0, 0.05) is 18.0 Å². The summed E-state index contributed by atoms with van der Waals surface area (Å²) >= 11 is 0.